The van der Waals surface area contributed by atoms with Gasteiger partial charge >= 0.3 is 0 Å². The van der Waals surface area contributed by atoms with Gasteiger partial charge in [0.1, 0.15) is 0 Å². The maximum atomic E-state index is 8.48. The summed E-state index contributed by atoms with van der Waals surface area (Å²) in [5.74, 6) is 0. The van der Waals surface area contributed by atoms with E-state index in [0.29, 0.717) is 0 Å². The Bertz CT molecular complexity index is 3200. The number of hydrogen-bond acceptors (Lipinski definition) is 3. The molecule has 0 aliphatic heterocycles. The van der Waals surface area contributed by atoms with Crippen LogP contribution in [0.5, 0.6) is 0 Å². The van der Waals surface area contributed by atoms with Crippen LogP contribution in [-0.2, 0) is 0 Å². The molecule has 3 aromatic heterocycles. The minimum absolute atomic E-state index is 0.760. The molecule has 3 heterocycles. The SMILES string of the molecule is C=C(/C=C(\C=N)c1ccc2c(c1)c1cnccc1n2-c1ccccc1)c1cncc(-c2ccc3c(-c4ccccc4)c4ccccc4c(-c4ccccc4)c3c2)c1. The molecule has 1 N–H and O–H groups in total. The minimum atomic E-state index is 0.760. The number of allylic oxidation sites excluding steroid dienone is 3. The Balaban J connectivity index is 1.07. The van der Waals surface area contributed by atoms with Crippen molar-refractivity contribution in [3.8, 4) is 39.1 Å². The highest BCUT2D eigenvalue weighted by Gasteiger charge is 2.18. The molecule has 268 valence electrons. The Morgan fingerprint density at radius 1 is 0.474 bits per heavy atom. The number of aromatic nitrogens is 3. The van der Waals surface area contributed by atoms with Crippen molar-refractivity contribution in [1.82, 2.24) is 14.5 Å². The van der Waals surface area contributed by atoms with Gasteiger partial charge in [-0.25, -0.2) is 0 Å². The van der Waals surface area contributed by atoms with Crippen LogP contribution in [0.2, 0.25) is 0 Å². The molecule has 4 heteroatoms. The predicted molar refractivity (Wildman–Crippen MR) is 240 cm³/mol. The van der Waals surface area contributed by atoms with Crippen molar-refractivity contribution in [3.63, 3.8) is 0 Å². The zero-order chi connectivity index (χ0) is 38.3. The van der Waals surface area contributed by atoms with Gasteiger partial charge in [-0.05, 0) is 115 Å². The van der Waals surface area contributed by atoms with Crippen molar-refractivity contribution >= 4 is 60.7 Å². The van der Waals surface area contributed by atoms with Gasteiger partial charge in [-0.3, -0.25) is 9.97 Å². The summed E-state index contributed by atoms with van der Waals surface area (Å²) in [5.41, 5.74) is 13.5. The molecular weight excluding hydrogens is 693 g/mol. The lowest BCUT2D eigenvalue weighted by molar-refractivity contribution is 1.17. The zero-order valence-electron chi connectivity index (χ0n) is 31.1. The smallest absolute Gasteiger partial charge is 0.0571 e. The molecule has 0 radical (unpaired) electrons. The van der Waals surface area contributed by atoms with E-state index in [2.05, 4.69) is 174 Å². The lowest BCUT2D eigenvalue weighted by atomic mass is 9.85. The molecule has 0 fully saturated rings. The molecule has 10 rings (SSSR count). The molecule has 7 aromatic carbocycles. The van der Waals surface area contributed by atoms with Crippen molar-refractivity contribution < 1.29 is 0 Å². The van der Waals surface area contributed by atoms with E-state index < -0.39 is 0 Å². The van der Waals surface area contributed by atoms with Crippen LogP contribution in [0.4, 0.5) is 0 Å². The van der Waals surface area contributed by atoms with Crippen LogP contribution in [0.3, 0.4) is 0 Å². The highest BCUT2D eigenvalue weighted by atomic mass is 15.0. The third kappa shape index (κ3) is 5.92. The molecule has 0 aliphatic carbocycles. The quantitative estimate of drug-likeness (QED) is 0.0962. The molecule has 0 saturated heterocycles. The number of para-hydroxylation sites is 1. The molecule has 4 nitrogen and oxygen atoms in total. The Labute approximate surface area is 330 Å². The normalized spacial score (nSPS) is 11.8. The fraction of sp³-hybridized carbons (Fsp3) is 0. The number of fused-ring (bicyclic) bond motifs is 5. The summed E-state index contributed by atoms with van der Waals surface area (Å²) in [7, 11) is 0. The van der Waals surface area contributed by atoms with E-state index in [-0.39, 0.29) is 0 Å². The minimum Gasteiger partial charge on any atom is -0.309 e. The summed E-state index contributed by atoms with van der Waals surface area (Å²) in [6.07, 6.45) is 10.9. The van der Waals surface area contributed by atoms with E-state index >= 15 is 0 Å². The Kier molecular flexibility index (Phi) is 8.42. The van der Waals surface area contributed by atoms with E-state index in [9.17, 15) is 0 Å². The molecule has 10 aromatic rings. The fourth-order valence-corrected chi connectivity index (χ4v) is 8.34. The third-order valence-electron chi connectivity index (χ3n) is 11.0. The van der Waals surface area contributed by atoms with Crippen LogP contribution >= 0.6 is 0 Å². The molecule has 0 unspecified atom stereocenters. The second-order valence-electron chi connectivity index (χ2n) is 14.3. The Morgan fingerprint density at radius 3 is 1.81 bits per heavy atom. The summed E-state index contributed by atoms with van der Waals surface area (Å²) in [5, 5.41) is 15.5. The molecule has 0 amide bonds. The lowest BCUT2D eigenvalue weighted by Gasteiger charge is -2.18. The van der Waals surface area contributed by atoms with Crippen LogP contribution in [0, 0.1) is 5.41 Å². The first-order chi connectivity index (χ1) is 28.2. The largest absolute Gasteiger partial charge is 0.309 e. The first kappa shape index (κ1) is 33.8. The van der Waals surface area contributed by atoms with Gasteiger partial charge in [-0.1, -0.05) is 128 Å². The topological polar surface area (TPSA) is 54.6 Å². The first-order valence-corrected chi connectivity index (χ1v) is 19.1. The lowest BCUT2D eigenvalue weighted by Crippen LogP contribution is -1.94. The molecule has 0 aliphatic rings. The average Bonchev–Trinajstić information content (AvgIpc) is 3.61. The number of hydrogen-bond donors (Lipinski definition) is 1. The molecule has 0 saturated carbocycles. The maximum Gasteiger partial charge on any atom is 0.0571 e. The third-order valence-corrected chi connectivity index (χ3v) is 11.0. The highest BCUT2D eigenvalue weighted by molar-refractivity contribution is 6.22. The molecular formula is C53H36N4. The van der Waals surface area contributed by atoms with Crippen molar-refractivity contribution in [2.75, 3.05) is 0 Å². The van der Waals surface area contributed by atoms with E-state index in [1.165, 1.54) is 50.0 Å². The summed E-state index contributed by atoms with van der Waals surface area (Å²) in [6.45, 7) is 4.48. The Morgan fingerprint density at radius 2 is 1.11 bits per heavy atom. The van der Waals surface area contributed by atoms with E-state index in [1.54, 1.807) is 0 Å². The van der Waals surface area contributed by atoms with E-state index in [1.807, 2.05) is 36.9 Å². The van der Waals surface area contributed by atoms with Crippen molar-refractivity contribution in [1.29, 1.82) is 5.41 Å². The number of nitrogens with one attached hydrogen (secondary N) is 1. The first-order valence-electron chi connectivity index (χ1n) is 19.1. The van der Waals surface area contributed by atoms with Gasteiger partial charge in [0.25, 0.3) is 0 Å². The number of pyridine rings is 2. The zero-order valence-corrected chi connectivity index (χ0v) is 31.1. The van der Waals surface area contributed by atoms with Gasteiger partial charge in [-0.15, -0.1) is 0 Å². The van der Waals surface area contributed by atoms with Gasteiger partial charge in [0.15, 0.2) is 0 Å². The summed E-state index contributed by atoms with van der Waals surface area (Å²) < 4.78 is 2.26. The number of rotatable bonds is 8. The predicted octanol–water partition coefficient (Wildman–Crippen LogP) is 13.6. The van der Waals surface area contributed by atoms with Crippen LogP contribution in [0.25, 0.3) is 93.6 Å². The van der Waals surface area contributed by atoms with Crippen LogP contribution < -0.4 is 0 Å². The number of nitrogens with zero attached hydrogens (tertiary/aromatic N) is 3. The number of benzene rings is 7. The second-order valence-corrected chi connectivity index (χ2v) is 14.3. The van der Waals surface area contributed by atoms with Gasteiger partial charge in [0.2, 0.25) is 0 Å². The standard InChI is InChI=1S/C53H36N4/c1-35(27-40(31-54)38-22-24-50-47(29-38)49-34-55-26-25-51(49)57(50)43-17-9-4-10-18-43)41-28-42(33-56-32-41)39-21-23-46-48(30-39)53(37-15-7-3-8-16-37)45-20-12-11-19-44(45)52(46)36-13-5-2-6-14-36/h2-34,54H,1H2/b40-27+,54-31?. The van der Waals surface area contributed by atoms with Gasteiger partial charge in [0.05, 0.1) is 11.0 Å². The molecule has 0 bridgehead atoms. The van der Waals surface area contributed by atoms with E-state index in [0.717, 1.165) is 60.9 Å². The average molecular weight is 729 g/mol. The van der Waals surface area contributed by atoms with Crippen molar-refractivity contribution in [3.05, 3.63) is 212 Å². The van der Waals surface area contributed by atoms with Gasteiger partial charge < -0.3 is 9.98 Å². The molecule has 57 heavy (non-hydrogen) atoms. The van der Waals surface area contributed by atoms with Crippen LogP contribution in [-0.4, -0.2) is 20.7 Å². The monoisotopic (exact) mass is 728 g/mol. The maximum absolute atomic E-state index is 8.48. The summed E-state index contributed by atoms with van der Waals surface area (Å²) in [4.78, 5) is 9.17. The summed E-state index contributed by atoms with van der Waals surface area (Å²) in [6, 6.07) is 57.9. The Hall–Kier alpha value is -7.69. The second kappa shape index (κ2) is 14.2. The van der Waals surface area contributed by atoms with Gasteiger partial charge in [-0.2, -0.15) is 0 Å². The van der Waals surface area contributed by atoms with Crippen LogP contribution in [0.15, 0.2) is 201 Å². The summed E-state index contributed by atoms with van der Waals surface area (Å²) >= 11 is 0. The van der Waals surface area contributed by atoms with Crippen molar-refractivity contribution in [2.24, 2.45) is 0 Å². The fourth-order valence-electron chi connectivity index (χ4n) is 8.34. The van der Waals surface area contributed by atoms with E-state index in [4.69, 9.17) is 10.4 Å². The van der Waals surface area contributed by atoms with Crippen LogP contribution in [0.1, 0.15) is 11.1 Å². The van der Waals surface area contributed by atoms with Gasteiger partial charge in [0, 0.05) is 58.6 Å². The van der Waals surface area contributed by atoms with Crippen molar-refractivity contribution in [2.45, 2.75) is 0 Å². The molecule has 0 spiro atoms. The highest BCUT2D eigenvalue weighted by Crippen LogP contribution is 2.45. The molecule has 0 atom stereocenters.